The van der Waals surface area contributed by atoms with Crippen LogP contribution < -0.4 is 5.32 Å². The summed E-state index contributed by atoms with van der Waals surface area (Å²) in [5.41, 5.74) is 4.00. The fraction of sp³-hybridized carbons (Fsp3) is 0.385. The van der Waals surface area contributed by atoms with E-state index in [4.69, 9.17) is 0 Å². The van der Waals surface area contributed by atoms with Crippen LogP contribution in [-0.2, 0) is 13.5 Å². The van der Waals surface area contributed by atoms with Crippen molar-refractivity contribution in [3.63, 3.8) is 0 Å². The third-order valence-electron chi connectivity index (χ3n) is 3.73. The summed E-state index contributed by atoms with van der Waals surface area (Å²) in [7, 11) is 3.92. The van der Waals surface area contributed by atoms with Crippen LogP contribution in [-0.4, -0.2) is 22.0 Å². The number of halogens is 1. The lowest BCUT2D eigenvalue weighted by molar-refractivity contribution is 0.414. The average Bonchev–Trinajstić information content (AvgIpc) is 2.67. The molecule has 0 saturated heterocycles. The Balaban J connectivity index is 1.97. The van der Waals surface area contributed by atoms with Gasteiger partial charge in [-0.2, -0.15) is 0 Å². The highest BCUT2D eigenvalue weighted by Gasteiger charge is 2.35. The summed E-state index contributed by atoms with van der Waals surface area (Å²) in [6, 6.07) is 8.87. The lowest BCUT2D eigenvalue weighted by Crippen LogP contribution is -2.32. The highest BCUT2D eigenvalue weighted by atomic mass is 79.9. The highest BCUT2D eigenvalue weighted by Crippen LogP contribution is 2.44. The van der Waals surface area contributed by atoms with Crippen molar-refractivity contribution in [3.05, 3.63) is 45.7 Å². The number of rotatable bonds is 3. The number of nitrogens with one attached hydrogen (secondary N) is 1. The second-order valence-electron chi connectivity index (χ2n) is 4.66. The predicted molar refractivity (Wildman–Crippen MR) is 73.4 cm³/mol. The van der Waals surface area contributed by atoms with E-state index in [9.17, 15) is 0 Å². The molecule has 3 rings (SSSR count). The van der Waals surface area contributed by atoms with Gasteiger partial charge in [0.2, 0.25) is 0 Å². The molecule has 2 atom stereocenters. The first-order chi connectivity index (χ1) is 8.72. The zero-order chi connectivity index (χ0) is 12.7. The highest BCUT2D eigenvalue weighted by molar-refractivity contribution is 9.10. The van der Waals surface area contributed by atoms with Crippen molar-refractivity contribution in [2.75, 3.05) is 7.05 Å². The van der Waals surface area contributed by atoms with Crippen molar-refractivity contribution >= 4 is 15.9 Å². The van der Waals surface area contributed by atoms with Crippen LogP contribution in [0.4, 0.5) is 0 Å². The number of aryl methyl sites for hydroxylation is 1. The standard InChI is InChI=1S/C13H15BrN4/c1-15-11(12-13(14)16-17-18(12)2)10-7-8-5-3-4-6-9(8)10/h3-6,10-11,15H,7H2,1-2H3. The van der Waals surface area contributed by atoms with Crippen molar-refractivity contribution in [2.45, 2.75) is 18.4 Å². The first kappa shape index (κ1) is 11.9. The molecule has 0 radical (unpaired) electrons. The molecule has 2 aromatic rings. The van der Waals surface area contributed by atoms with E-state index < -0.39 is 0 Å². The molecule has 0 amide bonds. The van der Waals surface area contributed by atoms with Crippen LogP contribution >= 0.6 is 15.9 Å². The summed E-state index contributed by atoms with van der Waals surface area (Å²) < 4.78 is 2.67. The van der Waals surface area contributed by atoms with Crippen LogP contribution in [0.5, 0.6) is 0 Å². The molecule has 0 fully saturated rings. The molecule has 1 aliphatic rings. The molecular weight excluding hydrogens is 292 g/mol. The fourth-order valence-corrected chi connectivity index (χ4v) is 3.37. The van der Waals surface area contributed by atoms with Gasteiger partial charge in [0.25, 0.3) is 0 Å². The molecule has 1 aromatic carbocycles. The minimum atomic E-state index is 0.245. The minimum Gasteiger partial charge on any atom is -0.311 e. The van der Waals surface area contributed by atoms with Crippen molar-refractivity contribution in [1.82, 2.24) is 20.3 Å². The molecule has 94 valence electrons. The molecule has 1 heterocycles. The van der Waals surface area contributed by atoms with Crippen molar-refractivity contribution in [2.24, 2.45) is 7.05 Å². The van der Waals surface area contributed by atoms with Gasteiger partial charge in [0, 0.05) is 13.0 Å². The van der Waals surface area contributed by atoms with Gasteiger partial charge in [-0.15, -0.1) is 5.10 Å². The molecule has 1 N–H and O–H groups in total. The van der Waals surface area contributed by atoms with Gasteiger partial charge in [0.15, 0.2) is 4.60 Å². The summed E-state index contributed by atoms with van der Waals surface area (Å²) in [6.07, 6.45) is 1.11. The van der Waals surface area contributed by atoms with Gasteiger partial charge in [-0.05, 0) is 40.5 Å². The topological polar surface area (TPSA) is 42.7 Å². The summed E-state index contributed by atoms with van der Waals surface area (Å²) in [5.74, 6) is 0.500. The van der Waals surface area contributed by atoms with Crippen LogP contribution in [0.1, 0.15) is 28.8 Å². The zero-order valence-electron chi connectivity index (χ0n) is 10.4. The van der Waals surface area contributed by atoms with Crippen molar-refractivity contribution in [3.8, 4) is 0 Å². The third-order valence-corrected chi connectivity index (χ3v) is 4.29. The second-order valence-corrected chi connectivity index (χ2v) is 5.42. The van der Waals surface area contributed by atoms with E-state index in [-0.39, 0.29) is 6.04 Å². The molecule has 18 heavy (non-hydrogen) atoms. The van der Waals surface area contributed by atoms with Crippen molar-refractivity contribution < 1.29 is 0 Å². The minimum absolute atomic E-state index is 0.245. The van der Waals surface area contributed by atoms with E-state index in [1.54, 1.807) is 0 Å². The Morgan fingerprint density at radius 2 is 2.22 bits per heavy atom. The average molecular weight is 307 g/mol. The number of nitrogens with zero attached hydrogens (tertiary/aromatic N) is 3. The van der Waals surface area contributed by atoms with Gasteiger partial charge in [-0.3, -0.25) is 0 Å². The Labute approximate surface area is 115 Å². The van der Waals surface area contributed by atoms with Gasteiger partial charge >= 0.3 is 0 Å². The smallest absolute Gasteiger partial charge is 0.153 e. The van der Waals surface area contributed by atoms with Crippen LogP contribution in [0.3, 0.4) is 0 Å². The third kappa shape index (κ3) is 1.69. The Morgan fingerprint density at radius 1 is 1.44 bits per heavy atom. The molecular formula is C13H15BrN4. The van der Waals surface area contributed by atoms with Gasteiger partial charge < -0.3 is 5.32 Å². The molecule has 0 bridgehead atoms. The summed E-state index contributed by atoms with van der Waals surface area (Å²) in [4.78, 5) is 0. The molecule has 2 unspecified atom stereocenters. The lowest BCUT2D eigenvalue weighted by atomic mass is 9.72. The van der Waals surface area contributed by atoms with E-state index in [2.05, 4.69) is 55.8 Å². The molecule has 0 saturated carbocycles. The first-order valence-electron chi connectivity index (χ1n) is 6.02. The van der Waals surface area contributed by atoms with Gasteiger partial charge in [-0.25, -0.2) is 4.68 Å². The molecule has 1 aliphatic carbocycles. The fourth-order valence-electron chi connectivity index (χ4n) is 2.79. The molecule has 1 aromatic heterocycles. The number of hydrogen-bond acceptors (Lipinski definition) is 3. The summed E-state index contributed by atoms with van der Waals surface area (Å²) in [5, 5.41) is 11.5. The van der Waals surface area contributed by atoms with Gasteiger partial charge in [-0.1, -0.05) is 29.5 Å². The maximum absolute atomic E-state index is 4.07. The second kappa shape index (κ2) is 4.48. The Bertz CT molecular complexity index is 559. The van der Waals surface area contributed by atoms with Crippen LogP contribution in [0, 0.1) is 0 Å². The van der Waals surface area contributed by atoms with E-state index in [0.29, 0.717) is 5.92 Å². The maximum atomic E-state index is 4.07. The van der Waals surface area contributed by atoms with Crippen LogP contribution in [0.2, 0.25) is 0 Å². The number of aromatic nitrogens is 3. The summed E-state index contributed by atoms with van der Waals surface area (Å²) in [6.45, 7) is 0. The predicted octanol–water partition coefficient (Wildman–Crippen LogP) is 2.18. The van der Waals surface area contributed by atoms with Crippen molar-refractivity contribution in [1.29, 1.82) is 0 Å². The van der Waals surface area contributed by atoms with Crippen LogP contribution in [0.15, 0.2) is 28.9 Å². The van der Waals surface area contributed by atoms with Gasteiger partial charge in [0.1, 0.15) is 0 Å². The number of benzene rings is 1. The Morgan fingerprint density at radius 3 is 2.83 bits per heavy atom. The monoisotopic (exact) mass is 306 g/mol. The number of fused-ring (bicyclic) bond motifs is 1. The molecule has 0 aliphatic heterocycles. The normalized spacial score (nSPS) is 19.2. The van der Waals surface area contributed by atoms with E-state index >= 15 is 0 Å². The SMILES string of the molecule is CNC(c1c(Br)nnn1C)C1Cc2ccccc21. The van der Waals surface area contributed by atoms with Crippen LogP contribution in [0.25, 0.3) is 0 Å². The maximum Gasteiger partial charge on any atom is 0.153 e. The lowest BCUT2D eigenvalue weighted by Gasteiger charge is -2.36. The van der Waals surface area contributed by atoms with E-state index in [0.717, 1.165) is 16.7 Å². The molecule has 5 heteroatoms. The van der Waals surface area contributed by atoms with E-state index in [1.165, 1.54) is 11.1 Å². The Kier molecular flexibility index (Phi) is 2.95. The number of hydrogen-bond donors (Lipinski definition) is 1. The molecule has 0 spiro atoms. The first-order valence-corrected chi connectivity index (χ1v) is 6.81. The largest absolute Gasteiger partial charge is 0.311 e. The molecule has 4 nitrogen and oxygen atoms in total. The summed E-state index contributed by atoms with van der Waals surface area (Å²) >= 11 is 3.49. The zero-order valence-corrected chi connectivity index (χ0v) is 12.0. The quantitative estimate of drug-likeness (QED) is 0.945. The number of likely N-dealkylation sites (N-methyl/N-ethyl adjacent to an activating group) is 1. The van der Waals surface area contributed by atoms with E-state index in [1.807, 2.05) is 18.8 Å². The van der Waals surface area contributed by atoms with Gasteiger partial charge in [0.05, 0.1) is 11.7 Å². The Hall–Kier alpha value is -1.20.